The van der Waals surface area contributed by atoms with Gasteiger partial charge in [0.1, 0.15) is 4.38 Å². The molecule has 2 aromatic carbocycles. The summed E-state index contributed by atoms with van der Waals surface area (Å²) in [5.74, 6) is 1.32. The second kappa shape index (κ2) is 8.49. The second-order valence-electron chi connectivity index (χ2n) is 5.58. The average molecular weight is 411 g/mol. The zero-order valence-electron chi connectivity index (χ0n) is 13.5. The Morgan fingerprint density at radius 2 is 2.04 bits per heavy atom. The van der Waals surface area contributed by atoms with E-state index >= 15 is 0 Å². The topological polar surface area (TPSA) is 32.7 Å². The van der Waals surface area contributed by atoms with Crippen molar-refractivity contribution in [2.24, 2.45) is 4.99 Å². The lowest BCUT2D eigenvalue weighted by Gasteiger charge is -2.18. The molecule has 0 spiro atoms. The first-order chi connectivity index (χ1) is 12.0. The Morgan fingerprint density at radius 3 is 2.84 bits per heavy atom. The van der Waals surface area contributed by atoms with Crippen LogP contribution < -0.4 is 0 Å². The van der Waals surface area contributed by atoms with Crippen LogP contribution >= 0.6 is 46.7 Å². The van der Waals surface area contributed by atoms with Gasteiger partial charge in [-0.3, -0.25) is 4.79 Å². The Balaban J connectivity index is 1.55. The molecule has 1 heterocycles. The van der Waals surface area contributed by atoms with Crippen molar-refractivity contribution in [3.8, 4) is 0 Å². The number of halogens is 2. The molecule has 0 bridgehead atoms. The van der Waals surface area contributed by atoms with Crippen LogP contribution in [0, 0.1) is 0 Å². The number of nitrogens with zero attached hydrogens (tertiary/aromatic N) is 2. The van der Waals surface area contributed by atoms with Gasteiger partial charge >= 0.3 is 0 Å². The van der Waals surface area contributed by atoms with Crippen molar-refractivity contribution in [1.82, 2.24) is 4.90 Å². The molecule has 7 heteroatoms. The molecular formula is C18H16Cl2N2OS2. The first-order valence-corrected chi connectivity index (χ1v) is 10.4. The summed E-state index contributed by atoms with van der Waals surface area (Å²) in [5.41, 5.74) is 3.19. The number of aliphatic imine (C=N–C) groups is 1. The van der Waals surface area contributed by atoms with Crippen LogP contribution in [0.1, 0.15) is 11.1 Å². The van der Waals surface area contributed by atoms with Crippen LogP contribution in [0.2, 0.25) is 10.0 Å². The van der Waals surface area contributed by atoms with Crippen LogP contribution in [-0.2, 0) is 17.1 Å². The molecule has 0 saturated carbocycles. The third kappa shape index (κ3) is 4.94. The van der Waals surface area contributed by atoms with Gasteiger partial charge in [0.15, 0.2) is 0 Å². The Morgan fingerprint density at radius 1 is 1.24 bits per heavy atom. The average Bonchev–Trinajstić information content (AvgIpc) is 2.62. The molecule has 3 nitrogen and oxygen atoms in total. The summed E-state index contributed by atoms with van der Waals surface area (Å²) in [5, 5.41) is 1.02. The number of carbonyl (C=O) groups excluding carboxylic acids is 1. The number of hydrogen-bond acceptors (Lipinski definition) is 4. The monoisotopic (exact) mass is 410 g/mol. The predicted octanol–water partition coefficient (Wildman–Crippen LogP) is 5.62. The van der Waals surface area contributed by atoms with Gasteiger partial charge in [0.2, 0.25) is 5.91 Å². The predicted molar refractivity (Wildman–Crippen MR) is 110 cm³/mol. The second-order valence-corrected chi connectivity index (χ2v) is 8.58. The third-order valence-corrected chi connectivity index (χ3v) is 6.67. The maximum Gasteiger partial charge on any atom is 0.233 e. The van der Waals surface area contributed by atoms with Crippen LogP contribution in [-0.4, -0.2) is 28.0 Å². The van der Waals surface area contributed by atoms with Gasteiger partial charge in [0, 0.05) is 19.3 Å². The lowest BCUT2D eigenvalue weighted by Crippen LogP contribution is -2.28. The molecule has 0 atom stereocenters. The largest absolute Gasteiger partial charge is 0.341 e. The van der Waals surface area contributed by atoms with Crippen molar-refractivity contribution in [1.29, 1.82) is 0 Å². The number of para-hydroxylation sites is 1. The maximum absolute atomic E-state index is 12.4. The molecule has 25 heavy (non-hydrogen) atoms. The van der Waals surface area contributed by atoms with Gasteiger partial charge in [-0.25, -0.2) is 4.99 Å². The molecule has 0 aromatic heterocycles. The van der Waals surface area contributed by atoms with Crippen LogP contribution in [0.3, 0.4) is 0 Å². The Bertz CT molecular complexity index is 826. The number of benzene rings is 2. The van der Waals surface area contributed by atoms with Gasteiger partial charge in [0.25, 0.3) is 0 Å². The van der Waals surface area contributed by atoms with E-state index in [1.165, 1.54) is 17.3 Å². The fraction of sp³-hybridized carbons (Fsp3) is 0.222. The molecule has 0 saturated heterocycles. The molecule has 0 N–H and O–H groups in total. The van der Waals surface area contributed by atoms with Crippen molar-refractivity contribution in [3.05, 3.63) is 63.6 Å². The number of thioether (sulfide) groups is 2. The highest BCUT2D eigenvalue weighted by Gasteiger charge is 2.16. The van der Waals surface area contributed by atoms with E-state index in [0.29, 0.717) is 22.3 Å². The fourth-order valence-corrected chi connectivity index (χ4v) is 4.64. The van der Waals surface area contributed by atoms with E-state index in [9.17, 15) is 4.79 Å². The van der Waals surface area contributed by atoms with Crippen molar-refractivity contribution >= 4 is 62.7 Å². The highest BCUT2D eigenvalue weighted by atomic mass is 35.5. The van der Waals surface area contributed by atoms with E-state index in [-0.39, 0.29) is 5.91 Å². The number of hydrogen-bond donors (Lipinski definition) is 0. The molecule has 130 valence electrons. The summed E-state index contributed by atoms with van der Waals surface area (Å²) in [6.07, 6.45) is 0. The number of fused-ring (bicyclic) bond motifs is 1. The molecule has 1 aliphatic rings. The van der Waals surface area contributed by atoms with Gasteiger partial charge < -0.3 is 4.90 Å². The molecule has 0 fully saturated rings. The first kappa shape index (κ1) is 18.6. The van der Waals surface area contributed by atoms with Crippen molar-refractivity contribution in [2.45, 2.75) is 12.3 Å². The molecule has 0 unspecified atom stereocenters. The van der Waals surface area contributed by atoms with Crippen LogP contribution in [0.4, 0.5) is 5.69 Å². The van der Waals surface area contributed by atoms with E-state index in [1.54, 1.807) is 35.8 Å². The summed E-state index contributed by atoms with van der Waals surface area (Å²) in [7, 11) is 1.79. The van der Waals surface area contributed by atoms with Gasteiger partial charge in [-0.15, -0.1) is 0 Å². The zero-order chi connectivity index (χ0) is 17.8. The molecule has 1 aliphatic heterocycles. The normalized spacial score (nSPS) is 13.2. The van der Waals surface area contributed by atoms with E-state index in [2.05, 4.69) is 11.1 Å². The Labute approximate surface area is 165 Å². The maximum atomic E-state index is 12.4. The van der Waals surface area contributed by atoms with Crippen LogP contribution in [0.5, 0.6) is 0 Å². The minimum atomic E-state index is 0.0539. The van der Waals surface area contributed by atoms with E-state index in [1.807, 2.05) is 24.3 Å². The van der Waals surface area contributed by atoms with Crippen molar-refractivity contribution < 1.29 is 4.79 Å². The molecule has 2 aromatic rings. The minimum absolute atomic E-state index is 0.0539. The Hall–Kier alpha value is -1.14. The lowest BCUT2D eigenvalue weighted by atomic mass is 10.2. The van der Waals surface area contributed by atoms with Crippen molar-refractivity contribution in [2.75, 3.05) is 12.8 Å². The molecule has 3 rings (SSSR count). The first-order valence-electron chi connectivity index (χ1n) is 7.63. The third-order valence-electron chi connectivity index (χ3n) is 3.70. The van der Waals surface area contributed by atoms with Gasteiger partial charge in [-0.2, -0.15) is 0 Å². The molecular weight excluding hydrogens is 395 g/mol. The van der Waals surface area contributed by atoms with E-state index in [0.717, 1.165) is 21.4 Å². The summed E-state index contributed by atoms with van der Waals surface area (Å²) >= 11 is 15.1. The summed E-state index contributed by atoms with van der Waals surface area (Å²) < 4.78 is 0.940. The lowest BCUT2D eigenvalue weighted by molar-refractivity contribution is -0.127. The minimum Gasteiger partial charge on any atom is -0.341 e. The summed E-state index contributed by atoms with van der Waals surface area (Å²) in [6, 6.07) is 13.5. The molecule has 1 amide bonds. The SMILES string of the molecule is CN(Cc1ccc(Cl)c(Cl)c1)C(=O)CSC1=Nc2ccccc2CS1. The van der Waals surface area contributed by atoms with Crippen molar-refractivity contribution in [3.63, 3.8) is 0 Å². The highest BCUT2D eigenvalue weighted by Crippen LogP contribution is 2.34. The fourth-order valence-electron chi connectivity index (χ4n) is 2.32. The highest BCUT2D eigenvalue weighted by molar-refractivity contribution is 8.38. The summed E-state index contributed by atoms with van der Waals surface area (Å²) in [4.78, 5) is 18.7. The molecule has 0 radical (unpaired) electrons. The number of carbonyl (C=O) groups is 1. The standard InChI is InChI=1S/C18H16Cl2N2OS2/c1-22(9-12-6-7-14(19)15(20)8-12)17(23)11-25-18-21-16-5-3-2-4-13(16)10-24-18/h2-8H,9-11H2,1H3. The van der Waals surface area contributed by atoms with E-state index < -0.39 is 0 Å². The smallest absolute Gasteiger partial charge is 0.233 e. The van der Waals surface area contributed by atoms with Gasteiger partial charge in [-0.1, -0.05) is 71.0 Å². The molecule has 0 aliphatic carbocycles. The number of amides is 1. The van der Waals surface area contributed by atoms with Gasteiger partial charge in [0.05, 0.1) is 21.5 Å². The van der Waals surface area contributed by atoms with Crippen LogP contribution in [0.25, 0.3) is 0 Å². The van der Waals surface area contributed by atoms with Crippen LogP contribution in [0.15, 0.2) is 47.5 Å². The number of rotatable bonds is 4. The Kier molecular flexibility index (Phi) is 6.34. The van der Waals surface area contributed by atoms with E-state index in [4.69, 9.17) is 23.2 Å². The quantitative estimate of drug-likeness (QED) is 0.655. The zero-order valence-corrected chi connectivity index (χ0v) is 16.7. The summed E-state index contributed by atoms with van der Waals surface area (Å²) in [6.45, 7) is 0.499. The van der Waals surface area contributed by atoms with Gasteiger partial charge in [-0.05, 0) is 29.3 Å².